The number of carbonyl (C=O) groups is 1. The highest BCUT2D eigenvalue weighted by molar-refractivity contribution is 7.92. The van der Waals surface area contributed by atoms with Crippen molar-refractivity contribution in [3.8, 4) is 5.75 Å². The number of hydrogen-bond donors (Lipinski definition) is 2. The lowest BCUT2D eigenvalue weighted by Gasteiger charge is -2.28. The summed E-state index contributed by atoms with van der Waals surface area (Å²) in [5.74, 6) is -0.592. The van der Waals surface area contributed by atoms with E-state index >= 15 is 0 Å². The van der Waals surface area contributed by atoms with Crippen LogP contribution in [0.4, 0.5) is 11.4 Å². The minimum atomic E-state index is -3.96. The van der Waals surface area contributed by atoms with E-state index in [4.69, 9.17) is 4.74 Å². The molecule has 0 bridgehead atoms. The summed E-state index contributed by atoms with van der Waals surface area (Å²) >= 11 is 0. The van der Waals surface area contributed by atoms with Crippen molar-refractivity contribution in [3.63, 3.8) is 0 Å². The number of sulfonamides is 1. The summed E-state index contributed by atoms with van der Waals surface area (Å²) in [6.45, 7) is 3.33. The highest BCUT2D eigenvalue weighted by Gasteiger charge is 2.20. The third-order valence-electron chi connectivity index (χ3n) is 5.20. The molecule has 0 radical (unpaired) electrons. The average molecular weight is 469 g/mol. The maximum Gasteiger partial charge on any atom is 0.335 e. The molecule has 174 valence electrons. The number of nitrogens with one attached hydrogen (secondary N) is 1. The van der Waals surface area contributed by atoms with Gasteiger partial charge in [0.05, 0.1) is 28.9 Å². The quantitative estimate of drug-likeness (QED) is 0.411. The van der Waals surface area contributed by atoms with Crippen LogP contribution >= 0.6 is 0 Å². The van der Waals surface area contributed by atoms with E-state index in [-0.39, 0.29) is 16.1 Å². The van der Waals surface area contributed by atoms with E-state index < -0.39 is 16.0 Å². The summed E-state index contributed by atoms with van der Waals surface area (Å²) in [4.78, 5) is 13.7. The van der Waals surface area contributed by atoms with Crippen molar-refractivity contribution in [2.24, 2.45) is 0 Å². The maximum absolute atomic E-state index is 13.1. The van der Waals surface area contributed by atoms with Gasteiger partial charge in [0.2, 0.25) is 0 Å². The molecular formula is C25H28N2O5S. The summed E-state index contributed by atoms with van der Waals surface area (Å²) in [6, 6.07) is 20.4. The van der Waals surface area contributed by atoms with Crippen LogP contribution in [0.25, 0.3) is 0 Å². The SMILES string of the molecule is CCCCN(Cc1ccccc1)c1ccc(C(=O)O)cc1NS(=O)(=O)c1ccc(OC)cc1. The molecule has 0 saturated carbocycles. The minimum Gasteiger partial charge on any atom is -0.497 e. The lowest BCUT2D eigenvalue weighted by molar-refractivity contribution is 0.0697. The Bertz CT molecular complexity index is 1180. The molecule has 3 rings (SSSR count). The largest absolute Gasteiger partial charge is 0.497 e. The predicted molar refractivity (Wildman–Crippen MR) is 130 cm³/mol. The third-order valence-corrected chi connectivity index (χ3v) is 6.58. The second-order valence-corrected chi connectivity index (χ2v) is 9.26. The first-order chi connectivity index (χ1) is 15.8. The fourth-order valence-corrected chi connectivity index (χ4v) is 4.49. The van der Waals surface area contributed by atoms with Gasteiger partial charge in [-0.25, -0.2) is 13.2 Å². The maximum atomic E-state index is 13.1. The summed E-state index contributed by atoms with van der Waals surface area (Å²) < 4.78 is 33.9. The Balaban J connectivity index is 2.02. The number of aromatic carboxylic acids is 1. The van der Waals surface area contributed by atoms with Crippen molar-refractivity contribution >= 4 is 27.4 Å². The molecule has 3 aromatic rings. The molecule has 33 heavy (non-hydrogen) atoms. The summed E-state index contributed by atoms with van der Waals surface area (Å²) in [6.07, 6.45) is 1.86. The topological polar surface area (TPSA) is 95.9 Å². The zero-order valence-corrected chi connectivity index (χ0v) is 19.5. The van der Waals surface area contributed by atoms with Gasteiger partial charge in [-0.2, -0.15) is 0 Å². The van der Waals surface area contributed by atoms with E-state index in [9.17, 15) is 18.3 Å². The van der Waals surface area contributed by atoms with E-state index in [1.165, 1.54) is 31.4 Å². The van der Waals surface area contributed by atoms with Crippen LogP contribution in [-0.2, 0) is 16.6 Å². The fraction of sp³-hybridized carbons (Fsp3) is 0.240. The molecule has 2 N–H and O–H groups in total. The molecule has 0 atom stereocenters. The fourth-order valence-electron chi connectivity index (χ4n) is 3.42. The van der Waals surface area contributed by atoms with Gasteiger partial charge in [-0.1, -0.05) is 43.7 Å². The summed E-state index contributed by atoms with van der Waals surface area (Å²) in [7, 11) is -2.45. The summed E-state index contributed by atoms with van der Waals surface area (Å²) in [5.41, 5.74) is 1.91. The summed E-state index contributed by atoms with van der Waals surface area (Å²) in [5, 5.41) is 9.48. The molecule has 0 unspecified atom stereocenters. The van der Waals surface area contributed by atoms with Crippen LogP contribution in [0, 0.1) is 0 Å². The van der Waals surface area contributed by atoms with Gasteiger partial charge in [0.15, 0.2) is 0 Å². The monoisotopic (exact) mass is 468 g/mol. The van der Waals surface area contributed by atoms with Crippen LogP contribution in [0.3, 0.4) is 0 Å². The lowest BCUT2D eigenvalue weighted by atomic mass is 10.1. The van der Waals surface area contributed by atoms with E-state index in [1.54, 1.807) is 18.2 Å². The van der Waals surface area contributed by atoms with Crippen LogP contribution in [0.2, 0.25) is 0 Å². The molecular weight excluding hydrogens is 440 g/mol. The van der Waals surface area contributed by atoms with Crippen molar-refractivity contribution in [2.75, 3.05) is 23.3 Å². The third kappa shape index (κ3) is 6.26. The van der Waals surface area contributed by atoms with E-state index in [0.717, 1.165) is 18.4 Å². The smallest absolute Gasteiger partial charge is 0.335 e. The standard InChI is InChI=1S/C25H28N2O5S/c1-3-4-16-27(18-19-8-6-5-7-9-19)24-15-10-20(25(28)29)17-23(24)26-33(30,31)22-13-11-21(32-2)12-14-22/h5-15,17,26H,3-4,16,18H2,1-2H3,(H,28,29). The molecule has 0 aromatic heterocycles. The van der Waals surface area contributed by atoms with E-state index in [0.29, 0.717) is 24.5 Å². The van der Waals surface area contributed by atoms with Crippen LogP contribution in [0.15, 0.2) is 77.7 Å². The van der Waals surface area contributed by atoms with Crippen LogP contribution in [0.5, 0.6) is 5.75 Å². The number of benzene rings is 3. The molecule has 0 spiro atoms. The number of unbranched alkanes of at least 4 members (excludes halogenated alkanes) is 1. The van der Waals surface area contributed by atoms with Gasteiger partial charge >= 0.3 is 5.97 Å². The van der Waals surface area contributed by atoms with Gasteiger partial charge in [0.1, 0.15) is 5.75 Å². The molecule has 7 nitrogen and oxygen atoms in total. The van der Waals surface area contributed by atoms with Crippen LogP contribution in [0.1, 0.15) is 35.7 Å². The normalized spacial score (nSPS) is 11.1. The molecule has 0 fully saturated rings. The molecule has 0 amide bonds. The highest BCUT2D eigenvalue weighted by atomic mass is 32.2. The van der Waals surface area contributed by atoms with Gasteiger partial charge in [0.25, 0.3) is 10.0 Å². The molecule has 0 aliphatic rings. The van der Waals surface area contributed by atoms with Gasteiger partial charge in [-0.15, -0.1) is 0 Å². The Hall–Kier alpha value is -3.52. The first kappa shape index (κ1) is 24.1. The van der Waals surface area contributed by atoms with Crippen LogP contribution < -0.4 is 14.4 Å². The van der Waals surface area contributed by atoms with Gasteiger partial charge in [-0.05, 0) is 54.4 Å². The second kappa shape index (κ2) is 10.9. The number of carboxylic acids is 1. The zero-order chi connectivity index (χ0) is 23.8. The van der Waals surface area contributed by atoms with Crippen molar-refractivity contribution in [2.45, 2.75) is 31.2 Å². The number of hydrogen-bond acceptors (Lipinski definition) is 5. The van der Waals surface area contributed by atoms with Gasteiger partial charge < -0.3 is 14.7 Å². The first-order valence-electron chi connectivity index (χ1n) is 10.7. The second-order valence-electron chi connectivity index (χ2n) is 7.58. The highest BCUT2D eigenvalue weighted by Crippen LogP contribution is 2.31. The number of anilines is 2. The van der Waals surface area contributed by atoms with Crippen LogP contribution in [-0.4, -0.2) is 33.1 Å². The number of rotatable bonds is 11. The number of carboxylic acid groups (broad SMARTS) is 1. The number of ether oxygens (including phenoxy) is 1. The van der Waals surface area contributed by atoms with Crippen molar-refractivity contribution in [3.05, 3.63) is 83.9 Å². The number of methoxy groups -OCH3 is 1. The Labute approximate surface area is 194 Å². The molecule has 0 saturated heterocycles. The Morgan fingerprint density at radius 3 is 2.33 bits per heavy atom. The van der Waals surface area contributed by atoms with Crippen molar-refractivity contribution < 1.29 is 23.1 Å². The predicted octanol–water partition coefficient (Wildman–Crippen LogP) is 5.00. The van der Waals surface area contributed by atoms with Crippen molar-refractivity contribution in [1.29, 1.82) is 0 Å². The van der Waals surface area contributed by atoms with Crippen molar-refractivity contribution in [1.82, 2.24) is 0 Å². The molecule has 0 heterocycles. The lowest BCUT2D eigenvalue weighted by Crippen LogP contribution is -2.26. The minimum absolute atomic E-state index is 0.00123. The Morgan fingerprint density at radius 1 is 1.03 bits per heavy atom. The van der Waals surface area contributed by atoms with Gasteiger partial charge in [0, 0.05) is 13.1 Å². The Kier molecular flexibility index (Phi) is 7.95. The molecule has 3 aromatic carbocycles. The molecule has 0 aliphatic carbocycles. The average Bonchev–Trinajstić information content (AvgIpc) is 2.82. The van der Waals surface area contributed by atoms with E-state index in [2.05, 4.69) is 16.5 Å². The number of nitrogens with zero attached hydrogens (tertiary/aromatic N) is 1. The molecule has 0 aliphatic heterocycles. The Morgan fingerprint density at radius 2 is 1.73 bits per heavy atom. The first-order valence-corrected chi connectivity index (χ1v) is 12.2. The zero-order valence-electron chi connectivity index (χ0n) is 18.7. The van der Waals surface area contributed by atoms with E-state index in [1.807, 2.05) is 30.3 Å². The van der Waals surface area contributed by atoms with Gasteiger partial charge in [-0.3, -0.25) is 4.72 Å². The molecule has 8 heteroatoms.